The normalized spacial score (nSPS) is 23.9. The molecule has 2 amide bonds. The van der Waals surface area contributed by atoms with Crippen molar-refractivity contribution in [2.24, 2.45) is 11.0 Å². The van der Waals surface area contributed by atoms with Crippen LogP contribution in [0.15, 0.2) is 48.1 Å². The number of benzene rings is 1. The van der Waals surface area contributed by atoms with E-state index in [0.717, 1.165) is 0 Å². The van der Waals surface area contributed by atoms with Gasteiger partial charge < -0.3 is 14.8 Å². The predicted molar refractivity (Wildman–Crippen MR) is 110 cm³/mol. The van der Waals surface area contributed by atoms with E-state index in [2.05, 4.69) is 35.6 Å². The lowest BCUT2D eigenvalue weighted by atomic mass is 9.97. The largest absolute Gasteiger partial charge is 0.457 e. The van der Waals surface area contributed by atoms with Crippen molar-refractivity contribution in [2.75, 3.05) is 17.2 Å². The molecule has 0 spiro atoms. The Bertz CT molecular complexity index is 1220. The molecule has 0 aliphatic carbocycles. The van der Waals surface area contributed by atoms with Gasteiger partial charge in [0.05, 0.1) is 25.4 Å². The molecule has 162 valence electrons. The number of esters is 1. The number of aromatic nitrogens is 4. The summed E-state index contributed by atoms with van der Waals surface area (Å²) in [6, 6.07) is 8.49. The summed E-state index contributed by atoms with van der Waals surface area (Å²) < 4.78 is 13.2. The lowest BCUT2D eigenvalue weighted by Crippen LogP contribution is -2.24. The standard InChI is InChI=1S/C19H17N9O4/c20-27-24-7-12-11-6-13(29)32-15(11)18(31-12)28-9-23-14-16(21-8-22-17(14)28)26-19(30)25-10-4-2-1-3-5-10/h1-5,8-9,11-12,15,18H,6-7H2,(H2,21,22,25,26,30). The first-order chi connectivity index (χ1) is 15.6. The van der Waals surface area contributed by atoms with E-state index in [1.54, 1.807) is 28.8 Å². The van der Waals surface area contributed by atoms with Crippen LogP contribution in [0.2, 0.25) is 0 Å². The molecular weight excluding hydrogens is 418 g/mol. The lowest BCUT2D eigenvalue weighted by molar-refractivity contribution is -0.148. The Labute approximate surface area is 180 Å². The molecule has 2 aliphatic heterocycles. The molecule has 2 saturated heterocycles. The molecule has 0 radical (unpaired) electrons. The number of nitrogens with one attached hydrogen (secondary N) is 2. The van der Waals surface area contributed by atoms with Crippen LogP contribution in [0.5, 0.6) is 0 Å². The van der Waals surface area contributed by atoms with Gasteiger partial charge in [0.2, 0.25) is 0 Å². The minimum atomic E-state index is -0.698. The van der Waals surface area contributed by atoms with Crippen molar-refractivity contribution in [2.45, 2.75) is 24.9 Å². The third-order valence-electron chi connectivity index (χ3n) is 5.39. The highest BCUT2D eigenvalue weighted by Gasteiger charge is 2.52. The maximum atomic E-state index is 12.4. The van der Waals surface area contributed by atoms with Crippen molar-refractivity contribution in [3.8, 4) is 0 Å². The second kappa shape index (κ2) is 8.13. The fourth-order valence-electron chi connectivity index (χ4n) is 4.01. The third kappa shape index (κ3) is 3.55. The minimum absolute atomic E-state index is 0.0822. The zero-order valence-corrected chi connectivity index (χ0v) is 16.5. The SMILES string of the molecule is [N-]=[N+]=NCC1OC(n2cnc3c(NC(=O)Nc4ccccc4)ncnc32)C2OC(=O)CC12. The zero-order chi connectivity index (χ0) is 22.1. The Morgan fingerprint density at radius 3 is 2.91 bits per heavy atom. The van der Waals surface area contributed by atoms with Crippen LogP contribution in [0.3, 0.4) is 0 Å². The molecule has 5 rings (SSSR count). The Morgan fingerprint density at radius 1 is 1.25 bits per heavy atom. The first kappa shape index (κ1) is 19.7. The molecule has 4 atom stereocenters. The Hall–Kier alpha value is -4.22. The molecule has 2 aromatic heterocycles. The van der Waals surface area contributed by atoms with E-state index in [0.29, 0.717) is 16.9 Å². The number of carbonyl (C=O) groups is 2. The van der Waals surface area contributed by atoms with Gasteiger partial charge in [0, 0.05) is 16.5 Å². The molecule has 0 saturated carbocycles. The Balaban J connectivity index is 1.41. The average molecular weight is 435 g/mol. The van der Waals surface area contributed by atoms with E-state index in [-0.39, 0.29) is 30.7 Å². The van der Waals surface area contributed by atoms with Crippen molar-refractivity contribution in [3.05, 3.63) is 53.4 Å². The molecule has 32 heavy (non-hydrogen) atoms. The molecule has 13 nitrogen and oxygen atoms in total. The summed E-state index contributed by atoms with van der Waals surface area (Å²) >= 11 is 0. The van der Waals surface area contributed by atoms with Gasteiger partial charge in [-0.3, -0.25) is 14.7 Å². The number of fused-ring (bicyclic) bond motifs is 2. The van der Waals surface area contributed by atoms with E-state index >= 15 is 0 Å². The highest BCUT2D eigenvalue weighted by molar-refractivity contribution is 6.02. The summed E-state index contributed by atoms with van der Waals surface area (Å²) in [5.74, 6) is -0.365. The smallest absolute Gasteiger partial charge is 0.324 e. The van der Waals surface area contributed by atoms with Gasteiger partial charge in [-0.05, 0) is 17.7 Å². The van der Waals surface area contributed by atoms with Gasteiger partial charge in [0.1, 0.15) is 6.33 Å². The van der Waals surface area contributed by atoms with Crippen molar-refractivity contribution < 1.29 is 19.1 Å². The summed E-state index contributed by atoms with van der Waals surface area (Å²) in [6.45, 7) is 0.0822. The maximum Gasteiger partial charge on any atom is 0.324 e. The second-order valence-corrected chi connectivity index (χ2v) is 7.29. The number of rotatable bonds is 5. The fraction of sp³-hybridized carbons (Fsp3) is 0.316. The van der Waals surface area contributed by atoms with Crippen LogP contribution in [0.1, 0.15) is 12.6 Å². The number of carbonyl (C=O) groups excluding carboxylic acids is 2. The van der Waals surface area contributed by atoms with Crippen molar-refractivity contribution >= 4 is 34.7 Å². The number of nitrogens with zero attached hydrogens (tertiary/aromatic N) is 7. The maximum absolute atomic E-state index is 12.4. The zero-order valence-electron chi connectivity index (χ0n) is 16.5. The van der Waals surface area contributed by atoms with Gasteiger partial charge in [-0.2, -0.15) is 0 Å². The van der Waals surface area contributed by atoms with Gasteiger partial charge in [0.25, 0.3) is 0 Å². The number of hydrogen-bond donors (Lipinski definition) is 2. The van der Waals surface area contributed by atoms with E-state index in [9.17, 15) is 9.59 Å². The summed E-state index contributed by atoms with van der Waals surface area (Å²) in [4.78, 5) is 39.8. The van der Waals surface area contributed by atoms with Crippen molar-refractivity contribution in [3.63, 3.8) is 0 Å². The number of imidazole rings is 1. The van der Waals surface area contributed by atoms with Gasteiger partial charge in [-0.1, -0.05) is 23.3 Å². The summed E-state index contributed by atoms with van der Waals surface area (Å²) in [5.41, 5.74) is 10.0. The van der Waals surface area contributed by atoms with E-state index in [1.165, 1.54) is 12.7 Å². The highest BCUT2D eigenvalue weighted by Crippen LogP contribution is 2.43. The third-order valence-corrected chi connectivity index (χ3v) is 5.39. The number of anilines is 2. The molecular formula is C19H17N9O4. The van der Waals surface area contributed by atoms with E-state index in [4.69, 9.17) is 15.0 Å². The monoisotopic (exact) mass is 435 g/mol. The molecule has 1 aromatic carbocycles. The quantitative estimate of drug-likeness (QED) is 0.268. The Morgan fingerprint density at radius 2 is 2.09 bits per heavy atom. The van der Waals surface area contributed by atoms with Gasteiger partial charge in [-0.15, -0.1) is 0 Å². The number of azide groups is 1. The summed E-state index contributed by atoms with van der Waals surface area (Å²) in [5, 5.41) is 8.96. The number of para-hydroxylation sites is 1. The number of urea groups is 1. The van der Waals surface area contributed by atoms with Gasteiger partial charge in [-0.25, -0.2) is 19.7 Å². The van der Waals surface area contributed by atoms with Crippen molar-refractivity contribution in [1.82, 2.24) is 19.5 Å². The second-order valence-electron chi connectivity index (χ2n) is 7.29. The first-order valence-corrected chi connectivity index (χ1v) is 9.80. The minimum Gasteiger partial charge on any atom is -0.457 e. The molecule has 2 aliphatic rings. The number of amides is 2. The molecule has 4 unspecified atom stereocenters. The highest BCUT2D eigenvalue weighted by atomic mass is 16.6. The predicted octanol–water partition coefficient (Wildman–Crippen LogP) is 2.61. The topological polar surface area (TPSA) is 169 Å². The molecule has 4 heterocycles. The van der Waals surface area contributed by atoms with Crippen LogP contribution >= 0.6 is 0 Å². The molecule has 2 N–H and O–H groups in total. The van der Waals surface area contributed by atoms with Crippen LogP contribution in [-0.2, 0) is 14.3 Å². The van der Waals surface area contributed by atoms with Crippen LogP contribution in [0.4, 0.5) is 16.3 Å². The summed E-state index contributed by atoms with van der Waals surface area (Å²) in [7, 11) is 0. The molecule has 13 heteroatoms. The van der Waals surface area contributed by atoms with E-state index < -0.39 is 24.5 Å². The van der Waals surface area contributed by atoms with Crippen LogP contribution in [0, 0.1) is 5.92 Å². The first-order valence-electron chi connectivity index (χ1n) is 9.80. The average Bonchev–Trinajstić information content (AvgIpc) is 3.47. The van der Waals surface area contributed by atoms with Crippen molar-refractivity contribution in [1.29, 1.82) is 0 Å². The molecule has 0 bridgehead atoms. The Kier molecular flexibility index (Phi) is 5.01. The van der Waals surface area contributed by atoms with Gasteiger partial charge in [0.15, 0.2) is 29.3 Å². The van der Waals surface area contributed by atoms with E-state index in [1.807, 2.05) is 6.07 Å². The van der Waals surface area contributed by atoms with Crippen LogP contribution in [-0.4, -0.2) is 50.3 Å². The number of hydrogen-bond acceptors (Lipinski definition) is 8. The molecule has 3 aromatic rings. The summed E-state index contributed by atoms with van der Waals surface area (Å²) in [6.07, 6.45) is 1.23. The lowest BCUT2D eigenvalue weighted by Gasteiger charge is -2.18. The molecule has 2 fully saturated rings. The van der Waals surface area contributed by atoms with Crippen LogP contribution in [0.25, 0.3) is 21.6 Å². The van der Waals surface area contributed by atoms with Crippen LogP contribution < -0.4 is 10.6 Å². The number of ether oxygens (including phenoxy) is 2. The van der Waals surface area contributed by atoms with Gasteiger partial charge >= 0.3 is 12.0 Å². The fourth-order valence-corrected chi connectivity index (χ4v) is 4.01.